The zero-order valence-electron chi connectivity index (χ0n) is 8.59. The van der Waals surface area contributed by atoms with Crippen molar-refractivity contribution in [3.05, 3.63) is 33.3 Å². The lowest BCUT2D eigenvalue weighted by Gasteiger charge is -2.08. The van der Waals surface area contributed by atoms with Crippen LogP contribution < -0.4 is 0 Å². The van der Waals surface area contributed by atoms with Gasteiger partial charge in [-0.25, -0.2) is 0 Å². The molecule has 0 spiro atoms. The Labute approximate surface area is 111 Å². The van der Waals surface area contributed by atoms with Crippen LogP contribution in [0.1, 0.15) is 16.7 Å². The van der Waals surface area contributed by atoms with Gasteiger partial charge < -0.3 is 4.74 Å². The van der Waals surface area contributed by atoms with Gasteiger partial charge in [0.1, 0.15) is 0 Å². The minimum Gasteiger partial charge on any atom is -0.469 e. The summed E-state index contributed by atoms with van der Waals surface area (Å²) in [5.74, 6) is -0.348. The van der Waals surface area contributed by atoms with Crippen LogP contribution in [-0.4, -0.2) is 13.1 Å². The number of benzene rings is 1. The van der Waals surface area contributed by atoms with Crippen molar-refractivity contribution in [2.75, 3.05) is 7.11 Å². The van der Waals surface area contributed by atoms with E-state index < -0.39 is 0 Å². The summed E-state index contributed by atoms with van der Waals surface area (Å²) in [6, 6.07) is 5.70. The molecule has 0 heterocycles. The van der Waals surface area contributed by atoms with E-state index in [1.54, 1.807) is 6.07 Å². The largest absolute Gasteiger partial charge is 0.469 e. The topological polar surface area (TPSA) is 50.1 Å². The average Bonchev–Trinajstić information content (AvgIpc) is 2.30. The number of methoxy groups -OCH3 is 1. The average molecular weight is 347 g/mol. The molecule has 0 saturated heterocycles. The number of carbonyl (C=O) groups is 1. The maximum atomic E-state index is 11.2. The fourth-order valence-electron chi connectivity index (χ4n) is 1.32. The first-order valence-electron chi connectivity index (χ1n) is 4.47. The molecule has 0 radical (unpaired) electrons. The van der Waals surface area contributed by atoms with E-state index in [1.165, 1.54) is 7.11 Å². The molecule has 0 N–H and O–H groups in total. The van der Waals surface area contributed by atoms with Crippen LogP contribution in [0.4, 0.5) is 0 Å². The second-order valence-corrected chi connectivity index (χ2v) is 4.47. The van der Waals surface area contributed by atoms with E-state index in [0.29, 0.717) is 16.5 Å². The Morgan fingerprint density at radius 3 is 2.75 bits per heavy atom. The van der Waals surface area contributed by atoms with Crippen molar-refractivity contribution in [3.63, 3.8) is 0 Å². The highest BCUT2D eigenvalue weighted by Crippen LogP contribution is 2.26. The van der Waals surface area contributed by atoms with Crippen LogP contribution in [0.3, 0.4) is 0 Å². The predicted molar refractivity (Wildman–Crippen MR) is 67.2 cm³/mol. The number of nitriles is 1. The highest BCUT2D eigenvalue weighted by atomic mass is 79.9. The summed E-state index contributed by atoms with van der Waals surface area (Å²) < 4.78 is 5.44. The van der Waals surface area contributed by atoms with E-state index in [4.69, 9.17) is 5.26 Å². The Balaban J connectivity index is 3.21. The molecule has 0 saturated carbocycles. The number of halogens is 2. The molecule has 3 nitrogen and oxygen atoms in total. The van der Waals surface area contributed by atoms with Crippen LogP contribution >= 0.6 is 31.9 Å². The van der Waals surface area contributed by atoms with Crippen LogP contribution in [0, 0.1) is 11.3 Å². The van der Waals surface area contributed by atoms with E-state index >= 15 is 0 Å². The van der Waals surface area contributed by atoms with Gasteiger partial charge in [-0.05, 0) is 17.2 Å². The fourth-order valence-corrected chi connectivity index (χ4v) is 2.75. The Bertz CT molecular complexity index is 452. The van der Waals surface area contributed by atoms with E-state index in [1.807, 2.05) is 6.07 Å². The molecule has 0 bridgehead atoms. The molecule has 0 unspecified atom stereocenters. The van der Waals surface area contributed by atoms with Crippen LogP contribution in [0.25, 0.3) is 0 Å². The van der Waals surface area contributed by atoms with E-state index in [-0.39, 0.29) is 12.4 Å². The molecule has 1 aromatic carbocycles. The number of alkyl halides is 1. The highest BCUT2D eigenvalue weighted by molar-refractivity contribution is 9.10. The molecular formula is C11H9Br2NO2. The van der Waals surface area contributed by atoms with Crippen molar-refractivity contribution in [1.29, 1.82) is 5.26 Å². The van der Waals surface area contributed by atoms with Gasteiger partial charge in [0.25, 0.3) is 0 Å². The Morgan fingerprint density at radius 1 is 1.56 bits per heavy atom. The molecule has 84 valence electrons. The molecular weight excluding hydrogens is 338 g/mol. The number of nitrogens with zero attached hydrogens (tertiary/aromatic N) is 1. The smallest absolute Gasteiger partial charge is 0.310 e. The Kier molecular flexibility index (Phi) is 4.97. The lowest BCUT2D eigenvalue weighted by atomic mass is 10.0. The zero-order valence-corrected chi connectivity index (χ0v) is 11.8. The molecule has 0 amide bonds. The maximum Gasteiger partial charge on any atom is 0.310 e. The minimum absolute atomic E-state index is 0.118. The third-order valence-corrected chi connectivity index (χ3v) is 3.45. The number of esters is 1. The molecule has 0 fully saturated rings. The molecule has 0 atom stereocenters. The molecule has 1 aromatic rings. The van der Waals surface area contributed by atoms with Gasteiger partial charge in [0, 0.05) is 9.80 Å². The van der Waals surface area contributed by atoms with Gasteiger partial charge in [-0.2, -0.15) is 5.26 Å². The fraction of sp³-hybridized carbons (Fsp3) is 0.273. The lowest BCUT2D eigenvalue weighted by Crippen LogP contribution is -2.07. The van der Waals surface area contributed by atoms with Crippen LogP contribution in [0.5, 0.6) is 0 Å². The molecule has 5 heteroatoms. The van der Waals surface area contributed by atoms with E-state index in [0.717, 1.165) is 10.0 Å². The minimum atomic E-state index is -0.348. The second kappa shape index (κ2) is 6.02. The van der Waals surface area contributed by atoms with Crippen molar-refractivity contribution in [2.24, 2.45) is 0 Å². The van der Waals surface area contributed by atoms with Gasteiger partial charge >= 0.3 is 5.97 Å². The molecule has 0 aromatic heterocycles. The SMILES string of the molecule is COC(=O)Cc1ccc(Br)c(CBr)c1C#N. The van der Waals surface area contributed by atoms with Gasteiger partial charge in [-0.1, -0.05) is 37.9 Å². The van der Waals surface area contributed by atoms with Gasteiger partial charge in [0.15, 0.2) is 0 Å². The normalized spacial score (nSPS) is 9.62. The monoisotopic (exact) mass is 345 g/mol. The molecule has 0 aliphatic heterocycles. The summed E-state index contributed by atoms with van der Waals surface area (Å²) in [5, 5.41) is 9.66. The third-order valence-electron chi connectivity index (χ3n) is 2.15. The number of rotatable bonds is 3. The van der Waals surface area contributed by atoms with Gasteiger partial charge in [0.05, 0.1) is 25.2 Å². The van der Waals surface area contributed by atoms with Gasteiger partial charge in [0.2, 0.25) is 0 Å². The van der Waals surface area contributed by atoms with E-state index in [9.17, 15) is 4.79 Å². The summed E-state index contributed by atoms with van der Waals surface area (Å²) in [6.45, 7) is 0. The maximum absolute atomic E-state index is 11.2. The van der Waals surface area contributed by atoms with Gasteiger partial charge in [-0.15, -0.1) is 0 Å². The quantitative estimate of drug-likeness (QED) is 0.624. The summed E-state index contributed by atoms with van der Waals surface area (Å²) in [5.41, 5.74) is 2.06. The standard InChI is InChI=1S/C11H9Br2NO2/c1-16-11(15)4-7-2-3-10(13)8(5-12)9(7)6-14/h2-3H,4-5H2,1H3. The summed E-state index contributed by atoms with van der Waals surface area (Å²) >= 11 is 6.69. The zero-order chi connectivity index (χ0) is 12.1. The van der Waals surface area contributed by atoms with Crippen molar-refractivity contribution >= 4 is 37.8 Å². The van der Waals surface area contributed by atoms with Crippen molar-refractivity contribution in [3.8, 4) is 6.07 Å². The van der Waals surface area contributed by atoms with E-state index in [2.05, 4.69) is 42.7 Å². The van der Waals surface area contributed by atoms with Crippen molar-refractivity contribution < 1.29 is 9.53 Å². The molecule has 1 rings (SSSR count). The summed E-state index contributed by atoms with van der Waals surface area (Å²) in [7, 11) is 1.33. The number of carbonyl (C=O) groups excluding carboxylic acids is 1. The van der Waals surface area contributed by atoms with Crippen LogP contribution in [0.2, 0.25) is 0 Å². The van der Waals surface area contributed by atoms with Crippen molar-refractivity contribution in [2.45, 2.75) is 11.8 Å². The van der Waals surface area contributed by atoms with Gasteiger partial charge in [-0.3, -0.25) is 4.79 Å². The first-order chi connectivity index (χ1) is 7.63. The molecule has 0 aliphatic carbocycles. The van der Waals surface area contributed by atoms with Crippen LogP contribution in [-0.2, 0) is 21.3 Å². The Morgan fingerprint density at radius 2 is 2.25 bits per heavy atom. The molecule has 0 aliphatic rings. The van der Waals surface area contributed by atoms with Crippen LogP contribution in [0.15, 0.2) is 16.6 Å². The number of hydrogen-bond acceptors (Lipinski definition) is 3. The third kappa shape index (κ3) is 2.83. The highest BCUT2D eigenvalue weighted by Gasteiger charge is 2.13. The predicted octanol–water partition coefficient (Wildman–Crippen LogP) is 2.93. The first-order valence-corrected chi connectivity index (χ1v) is 6.38. The summed E-state index contributed by atoms with van der Waals surface area (Å²) in [6.07, 6.45) is 0.118. The molecule has 16 heavy (non-hydrogen) atoms. The first kappa shape index (κ1) is 13.2. The number of ether oxygens (including phenoxy) is 1. The Hall–Kier alpha value is -0.860. The second-order valence-electron chi connectivity index (χ2n) is 3.06. The number of hydrogen-bond donors (Lipinski definition) is 0. The summed E-state index contributed by atoms with van der Waals surface area (Å²) in [4.78, 5) is 11.2. The van der Waals surface area contributed by atoms with Crippen molar-refractivity contribution in [1.82, 2.24) is 0 Å². The lowest BCUT2D eigenvalue weighted by molar-refractivity contribution is -0.139.